The van der Waals surface area contributed by atoms with E-state index < -0.39 is 5.41 Å². The zero-order chi connectivity index (χ0) is 18.6. The third-order valence-corrected chi connectivity index (χ3v) is 5.71. The number of carbonyl (C=O) groups is 2. The average Bonchev–Trinajstić information content (AvgIpc) is 3.45. The molecule has 5 heteroatoms. The van der Waals surface area contributed by atoms with E-state index in [2.05, 4.69) is 41.5 Å². The van der Waals surface area contributed by atoms with Gasteiger partial charge < -0.3 is 15.5 Å². The number of anilines is 2. The molecule has 1 heterocycles. The molecular weight excluding hydrogens is 326 g/mol. The molecule has 1 aromatic rings. The van der Waals surface area contributed by atoms with E-state index >= 15 is 0 Å². The van der Waals surface area contributed by atoms with Crippen molar-refractivity contribution in [3.63, 3.8) is 0 Å². The molecule has 0 unspecified atom stereocenters. The van der Waals surface area contributed by atoms with Gasteiger partial charge in [0.15, 0.2) is 0 Å². The van der Waals surface area contributed by atoms with Gasteiger partial charge in [-0.25, -0.2) is 0 Å². The van der Waals surface area contributed by atoms with Gasteiger partial charge in [0.2, 0.25) is 11.8 Å². The summed E-state index contributed by atoms with van der Waals surface area (Å²) in [6, 6.07) is 8.01. The van der Waals surface area contributed by atoms with Crippen molar-refractivity contribution in [3.05, 3.63) is 24.3 Å². The van der Waals surface area contributed by atoms with Crippen molar-refractivity contribution in [2.75, 3.05) is 29.9 Å². The van der Waals surface area contributed by atoms with E-state index in [0.29, 0.717) is 19.4 Å². The number of hydrogen-bond acceptors (Lipinski definition) is 3. The van der Waals surface area contributed by atoms with E-state index in [1.54, 1.807) is 0 Å². The summed E-state index contributed by atoms with van der Waals surface area (Å²) >= 11 is 0. The number of hydrogen-bond donors (Lipinski definition) is 2. The number of nitrogens with one attached hydrogen (secondary N) is 2. The first-order valence-electron chi connectivity index (χ1n) is 10.00. The Morgan fingerprint density at radius 2 is 1.77 bits per heavy atom. The van der Waals surface area contributed by atoms with Gasteiger partial charge in [0, 0.05) is 31.0 Å². The summed E-state index contributed by atoms with van der Waals surface area (Å²) in [4.78, 5) is 27.4. The topological polar surface area (TPSA) is 61.4 Å². The summed E-state index contributed by atoms with van der Waals surface area (Å²) in [6.07, 6.45) is 5.71. The van der Waals surface area contributed by atoms with Crippen LogP contribution in [-0.2, 0) is 9.59 Å². The number of benzene rings is 1. The minimum absolute atomic E-state index is 0.123. The van der Waals surface area contributed by atoms with Crippen LogP contribution >= 0.6 is 0 Å². The molecule has 26 heavy (non-hydrogen) atoms. The molecule has 2 fully saturated rings. The van der Waals surface area contributed by atoms with Crippen LogP contribution in [0.15, 0.2) is 24.3 Å². The minimum atomic E-state index is -0.852. The lowest BCUT2D eigenvalue weighted by molar-refractivity contribution is -0.134. The van der Waals surface area contributed by atoms with Gasteiger partial charge in [-0.15, -0.1) is 0 Å². The summed E-state index contributed by atoms with van der Waals surface area (Å²) in [6.45, 7) is 7.22. The second-order valence-corrected chi connectivity index (χ2v) is 7.86. The van der Waals surface area contributed by atoms with Crippen LogP contribution in [0.25, 0.3) is 0 Å². The fourth-order valence-corrected chi connectivity index (χ4v) is 3.50. The van der Waals surface area contributed by atoms with Crippen molar-refractivity contribution in [3.8, 4) is 0 Å². The van der Waals surface area contributed by atoms with Gasteiger partial charge in [-0.2, -0.15) is 0 Å². The Morgan fingerprint density at radius 3 is 2.35 bits per heavy atom. The van der Waals surface area contributed by atoms with Crippen molar-refractivity contribution >= 4 is 23.2 Å². The third kappa shape index (κ3) is 4.19. The molecule has 142 valence electrons. The van der Waals surface area contributed by atoms with Crippen LogP contribution < -0.4 is 15.5 Å². The second-order valence-electron chi connectivity index (χ2n) is 7.86. The molecule has 1 aromatic carbocycles. The third-order valence-electron chi connectivity index (χ3n) is 5.71. The molecular formula is C21H31N3O2. The number of nitrogens with zero attached hydrogens (tertiary/aromatic N) is 1. The Labute approximate surface area is 156 Å². The summed E-state index contributed by atoms with van der Waals surface area (Å²) < 4.78 is 0. The predicted molar refractivity (Wildman–Crippen MR) is 105 cm³/mol. The number of amides is 2. The van der Waals surface area contributed by atoms with Crippen molar-refractivity contribution in [1.82, 2.24) is 5.32 Å². The van der Waals surface area contributed by atoms with Crippen molar-refractivity contribution in [1.29, 1.82) is 0 Å². The summed E-state index contributed by atoms with van der Waals surface area (Å²) in [7, 11) is 0. The van der Waals surface area contributed by atoms with Gasteiger partial charge in [-0.1, -0.05) is 20.3 Å². The normalized spacial score (nSPS) is 19.1. The van der Waals surface area contributed by atoms with Gasteiger partial charge in [0.05, 0.1) is 0 Å². The molecule has 0 aromatic heterocycles. The van der Waals surface area contributed by atoms with Crippen LogP contribution in [0.5, 0.6) is 0 Å². The van der Waals surface area contributed by atoms with Crippen molar-refractivity contribution in [2.24, 2.45) is 11.3 Å². The Kier molecular flexibility index (Phi) is 5.84. The molecule has 0 spiro atoms. The minimum Gasteiger partial charge on any atom is -0.372 e. The first-order valence-corrected chi connectivity index (χ1v) is 10.00. The van der Waals surface area contributed by atoms with Gasteiger partial charge in [0.25, 0.3) is 0 Å². The molecule has 5 nitrogen and oxygen atoms in total. The Hall–Kier alpha value is -2.04. The van der Waals surface area contributed by atoms with Crippen LogP contribution in [0.1, 0.15) is 52.4 Å². The van der Waals surface area contributed by atoms with E-state index in [9.17, 15) is 9.59 Å². The monoisotopic (exact) mass is 357 g/mol. The van der Waals surface area contributed by atoms with Crippen LogP contribution in [0.4, 0.5) is 11.4 Å². The van der Waals surface area contributed by atoms with Gasteiger partial charge in [-0.3, -0.25) is 9.59 Å². The highest BCUT2D eigenvalue weighted by molar-refractivity contribution is 6.13. The van der Waals surface area contributed by atoms with Crippen molar-refractivity contribution in [2.45, 2.75) is 52.4 Å². The molecule has 0 bridgehead atoms. The summed E-state index contributed by atoms with van der Waals surface area (Å²) in [5, 5.41) is 5.84. The first kappa shape index (κ1) is 18.7. The number of piperidine rings is 1. The molecule has 2 aliphatic rings. The van der Waals surface area contributed by atoms with Crippen LogP contribution in [0.3, 0.4) is 0 Å². The quantitative estimate of drug-likeness (QED) is 0.579. The predicted octanol–water partition coefficient (Wildman–Crippen LogP) is 3.56. The number of rotatable bonds is 7. The molecule has 1 aliphatic heterocycles. The average molecular weight is 357 g/mol. The van der Waals surface area contributed by atoms with Gasteiger partial charge in [0.1, 0.15) is 5.41 Å². The molecule has 0 radical (unpaired) electrons. The maximum atomic E-state index is 12.6. The Morgan fingerprint density at radius 1 is 1.12 bits per heavy atom. The second kappa shape index (κ2) is 8.11. The molecule has 1 saturated carbocycles. The number of carbonyl (C=O) groups excluding carboxylic acids is 2. The highest BCUT2D eigenvalue weighted by atomic mass is 16.2. The van der Waals surface area contributed by atoms with Crippen LogP contribution in [0, 0.1) is 11.3 Å². The summed E-state index contributed by atoms with van der Waals surface area (Å²) in [5.74, 6) is 0.511. The fourth-order valence-electron chi connectivity index (χ4n) is 3.50. The van der Waals surface area contributed by atoms with Crippen molar-refractivity contribution < 1.29 is 9.59 Å². The zero-order valence-electron chi connectivity index (χ0n) is 16.0. The Bertz CT molecular complexity index is 629. The molecule has 1 saturated heterocycles. The molecule has 2 N–H and O–H groups in total. The lowest BCUT2D eigenvalue weighted by Crippen LogP contribution is -2.40. The first-order chi connectivity index (χ1) is 12.5. The molecule has 2 amide bonds. The van der Waals surface area contributed by atoms with E-state index in [4.69, 9.17) is 0 Å². The summed E-state index contributed by atoms with van der Waals surface area (Å²) in [5.41, 5.74) is 1.11. The van der Waals surface area contributed by atoms with E-state index in [1.165, 1.54) is 18.5 Å². The zero-order valence-corrected chi connectivity index (χ0v) is 16.0. The maximum Gasteiger partial charge on any atom is 0.240 e. The fraction of sp³-hybridized carbons (Fsp3) is 0.619. The van der Waals surface area contributed by atoms with E-state index in [0.717, 1.165) is 37.5 Å². The SMILES string of the molecule is CCCCNC(=O)C1(C(=O)Nc2ccc(N3CCC(C)CC3)cc2)CC1. The van der Waals surface area contributed by atoms with E-state index in [1.807, 2.05) is 12.1 Å². The number of unbranched alkanes of at least 4 members (excludes halogenated alkanes) is 1. The maximum absolute atomic E-state index is 12.6. The van der Waals surface area contributed by atoms with E-state index in [-0.39, 0.29) is 11.8 Å². The van der Waals surface area contributed by atoms with Gasteiger partial charge >= 0.3 is 0 Å². The smallest absolute Gasteiger partial charge is 0.240 e. The molecule has 1 aliphatic carbocycles. The van der Waals surface area contributed by atoms with Crippen LogP contribution in [-0.4, -0.2) is 31.4 Å². The highest BCUT2D eigenvalue weighted by Gasteiger charge is 2.56. The largest absolute Gasteiger partial charge is 0.372 e. The molecule has 0 atom stereocenters. The lowest BCUT2D eigenvalue weighted by Gasteiger charge is -2.32. The van der Waals surface area contributed by atoms with Gasteiger partial charge in [-0.05, 0) is 62.3 Å². The highest BCUT2D eigenvalue weighted by Crippen LogP contribution is 2.46. The molecule has 3 rings (SSSR count). The Balaban J connectivity index is 1.55. The lowest BCUT2D eigenvalue weighted by atomic mass is 9.99. The van der Waals surface area contributed by atoms with Crippen LogP contribution in [0.2, 0.25) is 0 Å². The standard InChI is InChI=1S/C21H31N3O2/c1-3-4-13-22-19(25)21(11-12-21)20(26)23-17-5-7-18(8-6-17)24-14-9-16(2)10-15-24/h5-8,16H,3-4,9-15H2,1-2H3,(H,22,25)(H,23,26).